The fourth-order valence-corrected chi connectivity index (χ4v) is 13.9. The normalized spacial score (nSPS) is 14.3. The van der Waals surface area contributed by atoms with Crippen LogP contribution in [0, 0.1) is 17.8 Å². The number of aliphatic hydroxyl groups is 1. The van der Waals surface area contributed by atoms with Gasteiger partial charge in [-0.2, -0.15) is 0 Å². The van der Waals surface area contributed by atoms with Gasteiger partial charge < -0.3 is 33.8 Å². The van der Waals surface area contributed by atoms with E-state index in [0.717, 1.165) is 102 Å². The minimum atomic E-state index is -4.96. The SMILES string of the molecule is CCCCCCCCCCCCC(=O)OC[C@H](COP(=O)(O)OC[C@H](O)COP(=O)(O)OC[C@@H](COC(=O)CCCCCCCCCCCCCCCCC(C)CC)OC(=O)CCCCCCCCCCCCCCCCCCCCC(C)C)OC(=O)CCCCCCCCCC(C)C. The Labute approximate surface area is 607 Å². The molecule has 0 aromatic rings. The maximum absolute atomic E-state index is 13.1. The fraction of sp³-hybridized carbons (Fsp3) is 0.950. The maximum Gasteiger partial charge on any atom is 0.472 e. The van der Waals surface area contributed by atoms with Gasteiger partial charge in [0.1, 0.15) is 19.3 Å². The fourth-order valence-electron chi connectivity index (χ4n) is 12.3. The quantitative estimate of drug-likeness (QED) is 0.0222. The lowest BCUT2D eigenvalue weighted by Gasteiger charge is -2.21. The average Bonchev–Trinajstić information content (AvgIpc) is 0.985. The number of hydrogen-bond donors (Lipinski definition) is 3. The van der Waals surface area contributed by atoms with E-state index in [1.165, 1.54) is 225 Å². The molecule has 0 rings (SSSR count). The van der Waals surface area contributed by atoms with Crippen LogP contribution in [0.3, 0.4) is 0 Å². The molecular weight excluding hydrogens is 1290 g/mol. The molecule has 0 saturated heterocycles. The number of aliphatic hydroxyl groups excluding tert-OH is 1. The lowest BCUT2D eigenvalue weighted by Crippen LogP contribution is -2.30. The summed E-state index contributed by atoms with van der Waals surface area (Å²) in [5.74, 6) is 0.251. The van der Waals surface area contributed by atoms with Crippen LogP contribution in [-0.4, -0.2) is 96.7 Å². The number of carbonyl (C=O) groups is 4. The first kappa shape index (κ1) is 97.1. The molecule has 99 heavy (non-hydrogen) atoms. The van der Waals surface area contributed by atoms with Crippen LogP contribution < -0.4 is 0 Å². The first-order valence-electron chi connectivity index (χ1n) is 41.4. The molecule has 0 saturated carbocycles. The topological polar surface area (TPSA) is 237 Å². The highest BCUT2D eigenvalue weighted by atomic mass is 31.2. The van der Waals surface area contributed by atoms with Crippen molar-refractivity contribution in [3.05, 3.63) is 0 Å². The van der Waals surface area contributed by atoms with Gasteiger partial charge in [-0.1, -0.05) is 363 Å². The van der Waals surface area contributed by atoms with Gasteiger partial charge >= 0.3 is 39.5 Å². The lowest BCUT2D eigenvalue weighted by atomic mass is 9.99. The Morgan fingerprint density at radius 2 is 0.515 bits per heavy atom. The van der Waals surface area contributed by atoms with E-state index in [-0.39, 0.29) is 25.7 Å². The van der Waals surface area contributed by atoms with E-state index < -0.39 is 97.5 Å². The molecule has 0 bridgehead atoms. The molecule has 0 aliphatic heterocycles. The summed E-state index contributed by atoms with van der Waals surface area (Å²) in [6.07, 6.45) is 58.4. The van der Waals surface area contributed by atoms with Crippen LogP contribution >= 0.6 is 15.6 Å². The van der Waals surface area contributed by atoms with Gasteiger partial charge in [-0.3, -0.25) is 37.3 Å². The monoisotopic (exact) mass is 1450 g/mol. The second-order valence-electron chi connectivity index (χ2n) is 30.0. The van der Waals surface area contributed by atoms with Gasteiger partial charge in [-0.05, 0) is 43.4 Å². The van der Waals surface area contributed by atoms with Crippen LogP contribution in [0.4, 0.5) is 0 Å². The van der Waals surface area contributed by atoms with E-state index in [1.54, 1.807) is 0 Å². The van der Waals surface area contributed by atoms with Crippen molar-refractivity contribution in [2.24, 2.45) is 17.8 Å². The van der Waals surface area contributed by atoms with Crippen molar-refractivity contribution in [1.29, 1.82) is 0 Å². The summed E-state index contributed by atoms with van der Waals surface area (Å²) in [6, 6.07) is 0. The van der Waals surface area contributed by atoms with E-state index in [9.17, 15) is 43.2 Å². The number of rotatable bonds is 78. The predicted molar refractivity (Wildman–Crippen MR) is 405 cm³/mol. The Kier molecular flexibility index (Phi) is 69.0. The Morgan fingerprint density at radius 3 is 0.768 bits per heavy atom. The molecule has 0 heterocycles. The van der Waals surface area contributed by atoms with Crippen molar-refractivity contribution >= 4 is 39.5 Å². The molecular formula is C80H156O17P2. The van der Waals surface area contributed by atoms with Crippen LogP contribution in [0.25, 0.3) is 0 Å². The van der Waals surface area contributed by atoms with Gasteiger partial charge in [0.25, 0.3) is 0 Å². The first-order chi connectivity index (χ1) is 47.8. The third kappa shape index (κ3) is 72.8. The molecule has 0 aliphatic rings. The summed E-state index contributed by atoms with van der Waals surface area (Å²) < 4.78 is 68.6. The standard InChI is InChI=1S/C80H156O17P2/c1-8-10-11-12-13-14-33-40-47-54-61-77(82)90-68-76(97-80(85)64-57-50-43-36-38-45-52-59-72(5)6)70-95-99(88,89)93-66-74(81)65-92-98(86,87)94-69-75(67-91-78(83)62-55-48-41-34-29-25-22-21-24-28-32-39-46-53-60-73(7)9-2)96-79(84)63-56-49-42-35-30-26-20-18-16-15-17-19-23-27-31-37-44-51-58-71(3)4/h71-76,81H,8-70H2,1-7H3,(H,86,87)(H,88,89)/t73?,74-,75-,76-/m1/s1. The third-order valence-electron chi connectivity index (χ3n) is 19.0. The van der Waals surface area contributed by atoms with Gasteiger partial charge in [0, 0.05) is 25.7 Å². The van der Waals surface area contributed by atoms with Gasteiger partial charge in [-0.15, -0.1) is 0 Å². The zero-order valence-electron chi connectivity index (χ0n) is 65.0. The Morgan fingerprint density at radius 1 is 0.293 bits per heavy atom. The van der Waals surface area contributed by atoms with Crippen molar-refractivity contribution < 1.29 is 80.2 Å². The molecule has 588 valence electrons. The molecule has 0 amide bonds. The minimum absolute atomic E-state index is 0.104. The largest absolute Gasteiger partial charge is 0.472 e. The minimum Gasteiger partial charge on any atom is -0.462 e. The van der Waals surface area contributed by atoms with E-state index >= 15 is 0 Å². The molecule has 17 nitrogen and oxygen atoms in total. The Balaban J connectivity index is 5.20. The zero-order valence-corrected chi connectivity index (χ0v) is 66.8. The van der Waals surface area contributed by atoms with Crippen LogP contribution in [0.2, 0.25) is 0 Å². The Hall–Kier alpha value is -1.94. The van der Waals surface area contributed by atoms with Crippen LogP contribution in [0.15, 0.2) is 0 Å². The van der Waals surface area contributed by atoms with Crippen molar-refractivity contribution in [2.45, 2.75) is 433 Å². The summed E-state index contributed by atoms with van der Waals surface area (Å²) >= 11 is 0. The van der Waals surface area contributed by atoms with Gasteiger partial charge in [0.2, 0.25) is 0 Å². The summed E-state index contributed by atoms with van der Waals surface area (Å²) in [6.45, 7) is 11.9. The summed E-state index contributed by atoms with van der Waals surface area (Å²) in [4.78, 5) is 72.9. The van der Waals surface area contributed by atoms with E-state index in [2.05, 4.69) is 48.5 Å². The molecule has 0 aromatic heterocycles. The number of phosphoric acid groups is 2. The summed E-state index contributed by atoms with van der Waals surface area (Å²) in [5, 5.41) is 10.6. The molecule has 3 N–H and O–H groups in total. The number of unbranched alkanes of at least 4 members (excludes halogenated alkanes) is 45. The van der Waals surface area contributed by atoms with E-state index in [0.29, 0.717) is 31.6 Å². The second kappa shape index (κ2) is 70.4. The molecule has 0 radical (unpaired) electrons. The summed E-state index contributed by atoms with van der Waals surface area (Å²) in [5.41, 5.74) is 0. The highest BCUT2D eigenvalue weighted by Gasteiger charge is 2.30. The van der Waals surface area contributed by atoms with E-state index in [1.807, 2.05) is 0 Å². The van der Waals surface area contributed by atoms with E-state index in [4.69, 9.17) is 37.0 Å². The summed E-state index contributed by atoms with van der Waals surface area (Å²) in [7, 11) is -9.91. The number of ether oxygens (including phenoxy) is 4. The highest BCUT2D eigenvalue weighted by molar-refractivity contribution is 7.47. The predicted octanol–water partition coefficient (Wildman–Crippen LogP) is 23.7. The van der Waals surface area contributed by atoms with Crippen LogP contribution in [0.1, 0.15) is 414 Å². The van der Waals surface area contributed by atoms with Crippen molar-refractivity contribution in [1.82, 2.24) is 0 Å². The lowest BCUT2D eigenvalue weighted by molar-refractivity contribution is -0.161. The maximum atomic E-state index is 13.1. The number of phosphoric ester groups is 2. The number of carbonyl (C=O) groups excluding carboxylic acids is 4. The molecule has 3 unspecified atom stereocenters. The van der Waals surface area contributed by atoms with Crippen molar-refractivity contribution in [2.75, 3.05) is 39.6 Å². The van der Waals surface area contributed by atoms with Gasteiger partial charge in [0.15, 0.2) is 12.2 Å². The van der Waals surface area contributed by atoms with Gasteiger partial charge in [0.05, 0.1) is 26.4 Å². The van der Waals surface area contributed by atoms with Crippen LogP contribution in [-0.2, 0) is 65.4 Å². The van der Waals surface area contributed by atoms with Gasteiger partial charge in [-0.25, -0.2) is 9.13 Å². The molecule has 6 atom stereocenters. The van der Waals surface area contributed by atoms with Crippen molar-refractivity contribution in [3.63, 3.8) is 0 Å². The number of hydrogen-bond acceptors (Lipinski definition) is 15. The highest BCUT2D eigenvalue weighted by Crippen LogP contribution is 2.45. The second-order valence-corrected chi connectivity index (χ2v) is 32.9. The molecule has 0 spiro atoms. The smallest absolute Gasteiger partial charge is 0.462 e. The third-order valence-corrected chi connectivity index (χ3v) is 20.9. The first-order valence-corrected chi connectivity index (χ1v) is 44.4. The van der Waals surface area contributed by atoms with Crippen molar-refractivity contribution in [3.8, 4) is 0 Å². The molecule has 0 aromatic carbocycles. The molecule has 0 aliphatic carbocycles. The zero-order chi connectivity index (χ0) is 73.0. The van der Waals surface area contributed by atoms with Crippen LogP contribution in [0.5, 0.6) is 0 Å². The Bertz CT molecular complexity index is 1920. The average molecular weight is 1450 g/mol. The number of esters is 4. The molecule has 19 heteroatoms. The molecule has 0 fully saturated rings.